The van der Waals surface area contributed by atoms with Crippen LogP contribution in [0.1, 0.15) is 71.1 Å². The third-order valence-corrected chi connectivity index (χ3v) is 5.32. The highest BCUT2D eigenvalue weighted by molar-refractivity contribution is 5.67. The molecule has 1 N–H and O–H groups in total. The van der Waals surface area contributed by atoms with Crippen molar-refractivity contribution in [1.82, 2.24) is 5.32 Å². The van der Waals surface area contributed by atoms with Gasteiger partial charge in [-0.2, -0.15) is 0 Å². The van der Waals surface area contributed by atoms with Crippen molar-refractivity contribution in [3.05, 3.63) is 0 Å². The SMILES string of the molecule is CCCOC(=O)NC1CCC(CC2CCC(N=C=O)CC2)CC1. The van der Waals surface area contributed by atoms with E-state index in [0.29, 0.717) is 6.61 Å². The van der Waals surface area contributed by atoms with Crippen molar-refractivity contribution in [2.24, 2.45) is 16.8 Å². The number of alkyl carbamates (subject to hydrolysis) is 1. The van der Waals surface area contributed by atoms with Crippen LogP contribution in [0, 0.1) is 11.8 Å². The van der Waals surface area contributed by atoms with E-state index in [0.717, 1.165) is 43.9 Å². The van der Waals surface area contributed by atoms with Gasteiger partial charge in [0.05, 0.1) is 12.6 Å². The van der Waals surface area contributed by atoms with E-state index < -0.39 is 0 Å². The maximum atomic E-state index is 11.6. The third kappa shape index (κ3) is 6.34. The Kier molecular flexibility index (Phi) is 7.60. The normalized spacial score (nSPS) is 31.0. The second kappa shape index (κ2) is 9.71. The smallest absolute Gasteiger partial charge is 0.407 e. The molecule has 0 radical (unpaired) electrons. The molecule has 23 heavy (non-hydrogen) atoms. The van der Waals surface area contributed by atoms with Gasteiger partial charge in [-0.15, -0.1) is 0 Å². The van der Waals surface area contributed by atoms with Gasteiger partial charge in [-0.05, 0) is 76.0 Å². The first-order chi connectivity index (χ1) is 11.2. The molecule has 0 saturated heterocycles. The third-order valence-electron chi connectivity index (χ3n) is 5.32. The summed E-state index contributed by atoms with van der Waals surface area (Å²) in [5.41, 5.74) is 0. The number of nitrogens with zero attached hydrogens (tertiary/aromatic N) is 1. The molecule has 0 aromatic carbocycles. The Labute approximate surface area is 139 Å². The lowest BCUT2D eigenvalue weighted by molar-refractivity contribution is 0.135. The van der Waals surface area contributed by atoms with Crippen LogP contribution in [-0.4, -0.2) is 30.9 Å². The van der Waals surface area contributed by atoms with Crippen LogP contribution >= 0.6 is 0 Å². The highest BCUT2D eigenvalue weighted by Crippen LogP contribution is 2.36. The molecule has 0 unspecified atom stereocenters. The molecule has 1 amide bonds. The summed E-state index contributed by atoms with van der Waals surface area (Å²) in [5.74, 6) is 1.58. The van der Waals surface area contributed by atoms with Gasteiger partial charge in [0.25, 0.3) is 0 Å². The number of isocyanates is 1. The Morgan fingerprint density at radius 1 is 1.09 bits per heavy atom. The maximum Gasteiger partial charge on any atom is 0.407 e. The van der Waals surface area contributed by atoms with Crippen molar-refractivity contribution in [1.29, 1.82) is 0 Å². The molecule has 0 aromatic rings. The minimum Gasteiger partial charge on any atom is -0.450 e. The van der Waals surface area contributed by atoms with Gasteiger partial charge in [-0.3, -0.25) is 0 Å². The lowest BCUT2D eigenvalue weighted by Gasteiger charge is -2.33. The van der Waals surface area contributed by atoms with E-state index in [9.17, 15) is 9.59 Å². The molecular weight excluding hydrogens is 292 g/mol. The first-order valence-corrected chi connectivity index (χ1v) is 9.21. The molecule has 0 bridgehead atoms. The first-order valence-electron chi connectivity index (χ1n) is 9.21. The number of hydrogen-bond acceptors (Lipinski definition) is 4. The first kappa shape index (κ1) is 18.0. The Balaban J connectivity index is 1.61. The fourth-order valence-corrected chi connectivity index (χ4v) is 4.00. The summed E-state index contributed by atoms with van der Waals surface area (Å²) < 4.78 is 5.09. The summed E-state index contributed by atoms with van der Waals surface area (Å²) in [5, 5.41) is 2.99. The summed E-state index contributed by atoms with van der Waals surface area (Å²) in [7, 11) is 0. The highest BCUT2D eigenvalue weighted by atomic mass is 16.5. The number of amides is 1. The summed E-state index contributed by atoms with van der Waals surface area (Å²) in [4.78, 5) is 25.8. The monoisotopic (exact) mass is 322 g/mol. The number of nitrogens with one attached hydrogen (secondary N) is 1. The molecule has 2 saturated carbocycles. The van der Waals surface area contributed by atoms with Crippen LogP contribution in [0.25, 0.3) is 0 Å². The van der Waals surface area contributed by atoms with Crippen LogP contribution in [0.3, 0.4) is 0 Å². The van der Waals surface area contributed by atoms with Gasteiger partial charge in [0, 0.05) is 6.04 Å². The number of aliphatic imine (C=N–C) groups is 1. The molecule has 2 aliphatic carbocycles. The predicted octanol–water partition coefficient (Wildman–Crippen LogP) is 3.97. The zero-order chi connectivity index (χ0) is 16.5. The van der Waals surface area contributed by atoms with E-state index in [1.807, 2.05) is 6.92 Å². The Morgan fingerprint density at radius 2 is 1.70 bits per heavy atom. The van der Waals surface area contributed by atoms with Crippen molar-refractivity contribution in [2.75, 3.05) is 6.61 Å². The van der Waals surface area contributed by atoms with E-state index in [2.05, 4.69) is 10.3 Å². The van der Waals surface area contributed by atoms with E-state index in [1.54, 1.807) is 6.08 Å². The Bertz CT molecular complexity index is 404. The van der Waals surface area contributed by atoms with Gasteiger partial charge in [0.2, 0.25) is 6.08 Å². The van der Waals surface area contributed by atoms with Crippen LogP contribution in [0.15, 0.2) is 4.99 Å². The number of hydrogen-bond donors (Lipinski definition) is 1. The zero-order valence-electron chi connectivity index (χ0n) is 14.3. The Hall–Kier alpha value is -1.35. The average molecular weight is 322 g/mol. The van der Waals surface area contributed by atoms with Gasteiger partial charge >= 0.3 is 6.09 Å². The van der Waals surface area contributed by atoms with E-state index in [-0.39, 0.29) is 18.2 Å². The van der Waals surface area contributed by atoms with Gasteiger partial charge in [-0.25, -0.2) is 14.6 Å². The predicted molar refractivity (Wildman–Crippen MR) is 89.0 cm³/mol. The lowest BCUT2D eigenvalue weighted by Crippen LogP contribution is -2.38. The molecule has 130 valence electrons. The molecule has 5 heteroatoms. The molecule has 0 heterocycles. The van der Waals surface area contributed by atoms with Crippen molar-refractivity contribution in [2.45, 2.75) is 83.2 Å². The second-order valence-electron chi connectivity index (χ2n) is 7.13. The molecule has 2 aliphatic rings. The highest BCUT2D eigenvalue weighted by Gasteiger charge is 2.27. The molecular formula is C18H30N2O3. The maximum absolute atomic E-state index is 11.6. The minimum atomic E-state index is -0.260. The van der Waals surface area contributed by atoms with Gasteiger partial charge in [-0.1, -0.05) is 6.92 Å². The number of ether oxygens (including phenoxy) is 1. The van der Waals surface area contributed by atoms with Crippen molar-refractivity contribution < 1.29 is 14.3 Å². The molecule has 0 spiro atoms. The van der Waals surface area contributed by atoms with Crippen molar-refractivity contribution >= 4 is 12.2 Å². The molecule has 0 aliphatic heterocycles. The summed E-state index contributed by atoms with van der Waals surface area (Å²) in [6, 6.07) is 0.506. The largest absolute Gasteiger partial charge is 0.450 e. The van der Waals surface area contributed by atoms with Crippen LogP contribution < -0.4 is 5.32 Å². The number of carbonyl (C=O) groups excluding carboxylic acids is 2. The van der Waals surface area contributed by atoms with Gasteiger partial charge in [0.15, 0.2) is 0 Å². The average Bonchev–Trinajstić information content (AvgIpc) is 2.57. The molecule has 0 aromatic heterocycles. The standard InChI is InChI=1S/C18H30N2O3/c1-2-11-23-18(22)20-17-9-5-15(6-10-17)12-14-3-7-16(8-4-14)19-13-21/h14-17H,2-12H2,1H3,(H,20,22). The second-order valence-corrected chi connectivity index (χ2v) is 7.13. The summed E-state index contributed by atoms with van der Waals surface area (Å²) in [6.07, 6.45) is 12.6. The topological polar surface area (TPSA) is 67.8 Å². The zero-order valence-corrected chi connectivity index (χ0v) is 14.3. The Morgan fingerprint density at radius 3 is 2.26 bits per heavy atom. The van der Waals surface area contributed by atoms with Gasteiger partial charge in [0.1, 0.15) is 0 Å². The quantitative estimate of drug-likeness (QED) is 0.594. The van der Waals surface area contributed by atoms with Crippen molar-refractivity contribution in [3.8, 4) is 0 Å². The lowest BCUT2D eigenvalue weighted by atomic mass is 9.76. The van der Waals surface area contributed by atoms with Gasteiger partial charge < -0.3 is 10.1 Å². The van der Waals surface area contributed by atoms with E-state index in [4.69, 9.17) is 4.74 Å². The van der Waals surface area contributed by atoms with Crippen LogP contribution in [0.2, 0.25) is 0 Å². The van der Waals surface area contributed by atoms with Crippen LogP contribution in [0.4, 0.5) is 4.79 Å². The molecule has 2 fully saturated rings. The van der Waals surface area contributed by atoms with E-state index in [1.165, 1.54) is 32.1 Å². The summed E-state index contributed by atoms with van der Waals surface area (Å²) >= 11 is 0. The number of carbonyl (C=O) groups is 1. The summed E-state index contributed by atoms with van der Waals surface area (Å²) in [6.45, 7) is 2.50. The van der Waals surface area contributed by atoms with Crippen molar-refractivity contribution in [3.63, 3.8) is 0 Å². The van der Waals surface area contributed by atoms with Crippen LogP contribution in [0.5, 0.6) is 0 Å². The number of rotatable bonds is 6. The van der Waals surface area contributed by atoms with E-state index >= 15 is 0 Å². The molecule has 0 atom stereocenters. The fourth-order valence-electron chi connectivity index (χ4n) is 4.00. The minimum absolute atomic E-state index is 0.220. The van der Waals surface area contributed by atoms with Crippen LogP contribution in [-0.2, 0) is 9.53 Å². The fraction of sp³-hybridized carbons (Fsp3) is 0.889. The molecule has 5 nitrogen and oxygen atoms in total. The molecule has 2 rings (SSSR count).